The Labute approximate surface area is 98.0 Å². The molecule has 2 fully saturated rings. The van der Waals surface area contributed by atoms with Crippen molar-refractivity contribution in [1.29, 1.82) is 0 Å². The molecular weight excluding hydrogens is 202 g/mol. The minimum Gasteiger partial charge on any atom is -0.335 e. The number of likely N-dealkylation sites (tertiary alicyclic amines) is 1. The van der Waals surface area contributed by atoms with Crippen molar-refractivity contribution in [1.82, 2.24) is 15.1 Å². The number of hydrogen-bond donors (Lipinski definition) is 1. The number of hydrogen-bond acceptors (Lipinski definition) is 2. The Morgan fingerprint density at radius 1 is 1.31 bits per heavy atom. The maximum Gasteiger partial charge on any atom is 0.317 e. The first-order valence-corrected chi connectivity index (χ1v) is 6.38. The van der Waals surface area contributed by atoms with E-state index >= 15 is 0 Å². The molecule has 0 bridgehead atoms. The number of carbonyl (C=O) groups excluding carboxylic acids is 1. The van der Waals surface area contributed by atoms with Crippen LogP contribution in [0, 0.1) is 0 Å². The molecule has 2 rings (SSSR count). The second kappa shape index (κ2) is 5.04. The third-order valence-corrected chi connectivity index (χ3v) is 3.90. The van der Waals surface area contributed by atoms with E-state index in [1.165, 1.54) is 12.8 Å². The normalized spacial score (nSPS) is 27.2. The summed E-state index contributed by atoms with van der Waals surface area (Å²) in [6.07, 6.45) is 5.91. The second-order valence-corrected chi connectivity index (χ2v) is 5.25. The largest absolute Gasteiger partial charge is 0.335 e. The number of nitrogens with zero attached hydrogens (tertiary/aromatic N) is 2. The van der Waals surface area contributed by atoms with E-state index in [9.17, 15) is 4.79 Å². The van der Waals surface area contributed by atoms with Gasteiger partial charge in [-0.25, -0.2) is 4.79 Å². The van der Waals surface area contributed by atoms with Gasteiger partial charge in [0.1, 0.15) is 0 Å². The van der Waals surface area contributed by atoms with E-state index in [1.807, 2.05) is 11.9 Å². The molecule has 4 heteroatoms. The first kappa shape index (κ1) is 11.7. The zero-order valence-electron chi connectivity index (χ0n) is 10.4. The molecule has 1 aliphatic carbocycles. The summed E-state index contributed by atoms with van der Waals surface area (Å²) in [5, 5.41) is 3.10. The number of urea groups is 1. The zero-order valence-corrected chi connectivity index (χ0v) is 10.4. The van der Waals surface area contributed by atoms with Gasteiger partial charge in [0.2, 0.25) is 0 Å². The van der Waals surface area contributed by atoms with Gasteiger partial charge in [-0.05, 0) is 45.7 Å². The third-order valence-electron chi connectivity index (χ3n) is 3.90. The molecular formula is C12H23N3O. The number of nitrogens with one attached hydrogen (secondary N) is 1. The number of piperidine rings is 1. The lowest BCUT2D eigenvalue weighted by molar-refractivity contribution is 0.135. The highest BCUT2D eigenvalue weighted by atomic mass is 16.2. The van der Waals surface area contributed by atoms with Crippen LogP contribution in [0.4, 0.5) is 4.79 Å². The Balaban J connectivity index is 1.80. The Morgan fingerprint density at radius 3 is 2.62 bits per heavy atom. The highest BCUT2D eigenvalue weighted by Crippen LogP contribution is 2.19. The molecule has 1 saturated carbocycles. The van der Waals surface area contributed by atoms with Crippen LogP contribution < -0.4 is 5.32 Å². The van der Waals surface area contributed by atoms with Gasteiger partial charge < -0.3 is 15.1 Å². The summed E-state index contributed by atoms with van der Waals surface area (Å²) in [7, 11) is 4.06. The molecule has 2 amide bonds. The van der Waals surface area contributed by atoms with Crippen molar-refractivity contribution in [3.63, 3.8) is 0 Å². The van der Waals surface area contributed by atoms with Gasteiger partial charge in [-0.2, -0.15) is 0 Å². The Bertz CT molecular complexity index is 253. The quantitative estimate of drug-likeness (QED) is 0.768. The fourth-order valence-electron chi connectivity index (χ4n) is 2.45. The van der Waals surface area contributed by atoms with Gasteiger partial charge in [-0.15, -0.1) is 0 Å². The van der Waals surface area contributed by atoms with Gasteiger partial charge in [0.25, 0.3) is 0 Å². The number of carbonyl (C=O) groups is 1. The van der Waals surface area contributed by atoms with Gasteiger partial charge in [-0.3, -0.25) is 0 Å². The molecule has 0 radical (unpaired) electrons. The molecule has 1 unspecified atom stereocenters. The predicted molar refractivity (Wildman–Crippen MR) is 64.5 cm³/mol. The van der Waals surface area contributed by atoms with E-state index < -0.39 is 0 Å². The lowest BCUT2D eigenvalue weighted by atomic mass is 9.93. The van der Waals surface area contributed by atoms with Gasteiger partial charge in [0, 0.05) is 25.7 Å². The van der Waals surface area contributed by atoms with Gasteiger partial charge in [0.15, 0.2) is 0 Å². The van der Waals surface area contributed by atoms with Crippen LogP contribution in [0.15, 0.2) is 0 Å². The van der Waals surface area contributed by atoms with Crippen LogP contribution in [-0.2, 0) is 0 Å². The van der Waals surface area contributed by atoms with E-state index in [4.69, 9.17) is 0 Å². The van der Waals surface area contributed by atoms with E-state index in [0.29, 0.717) is 12.1 Å². The third kappa shape index (κ3) is 2.67. The summed E-state index contributed by atoms with van der Waals surface area (Å²) in [5.74, 6) is 0. The predicted octanol–water partition coefficient (Wildman–Crippen LogP) is 1.27. The molecule has 1 aliphatic heterocycles. The minimum absolute atomic E-state index is 0.116. The van der Waals surface area contributed by atoms with Crippen LogP contribution in [0.1, 0.15) is 32.1 Å². The molecule has 0 aromatic carbocycles. The summed E-state index contributed by atoms with van der Waals surface area (Å²) < 4.78 is 0. The van der Waals surface area contributed by atoms with Crippen LogP contribution >= 0.6 is 0 Å². The summed E-state index contributed by atoms with van der Waals surface area (Å²) in [6.45, 7) is 2.17. The fourth-order valence-corrected chi connectivity index (χ4v) is 2.45. The Kier molecular flexibility index (Phi) is 3.69. The lowest BCUT2D eigenvalue weighted by Crippen LogP contribution is -2.53. The smallest absolute Gasteiger partial charge is 0.317 e. The van der Waals surface area contributed by atoms with Gasteiger partial charge in [-0.1, -0.05) is 0 Å². The summed E-state index contributed by atoms with van der Waals surface area (Å²) in [5.41, 5.74) is 0. The van der Waals surface area contributed by atoms with Crippen LogP contribution in [0.5, 0.6) is 0 Å². The first-order valence-electron chi connectivity index (χ1n) is 6.38. The van der Waals surface area contributed by atoms with E-state index in [-0.39, 0.29) is 6.03 Å². The standard InChI is InChI=1S/C12H23N3O/c1-14-8-4-7-11(9-14)15(2)12(16)13-10-5-3-6-10/h10-11H,3-9H2,1-2H3,(H,13,16). The minimum atomic E-state index is 0.116. The molecule has 1 heterocycles. The van der Waals surface area contributed by atoms with Crippen LogP contribution in [0.25, 0.3) is 0 Å². The average Bonchev–Trinajstić information content (AvgIpc) is 2.22. The molecule has 4 nitrogen and oxygen atoms in total. The van der Waals surface area contributed by atoms with Gasteiger partial charge >= 0.3 is 6.03 Å². The van der Waals surface area contributed by atoms with Crippen LogP contribution in [-0.4, -0.2) is 55.1 Å². The second-order valence-electron chi connectivity index (χ2n) is 5.25. The van der Waals surface area contributed by atoms with Crippen molar-refractivity contribution < 1.29 is 4.79 Å². The number of amides is 2. The molecule has 0 aromatic heterocycles. The SMILES string of the molecule is CN1CCCC(N(C)C(=O)NC2CCC2)C1. The van der Waals surface area contributed by atoms with Crippen LogP contribution in [0.2, 0.25) is 0 Å². The topological polar surface area (TPSA) is 35.6 Å². The molecule has 92 valence electrons. The number of rotatable bonds is 2. The van der Waals surface area contributed by atoms with E-state index in [0.717, 1.165) is 32.4 Å². The molecule has 16 heavy (non-hydrogen) atoms. The van der Waals surface area contributed by atoms with Crippen molar-refractivity contribution in [3.05, 3.63) is 0 Å². The zero-order chi connectivity index (χ0) is 11.5. The summed E-state index contributed by atoms with van der Waals surface area (Å²) >= 11 is 0. The monoisotopic (exact) mass is 225 g/mol. The molecule has 0 spiro atoms. The van der Waals surface area contributed by atoms with Gasteiger partial charge in [0.05, 0.1) is 0 Å². The van der Waals surface area contributed by atoms with Crippen molar-refractivity contribution in [2.45, 2.75) is 44.2 Å². The summed E-state index contributed by atoms with van der Waals surface area (Å²) in [4.78, 5) is 16.2. The highest BCUT2D eigenvalue weighted by Gasteiger charge is 2.27. The van der Waals surface area contributed by atoms with Crippen molar-refractivity contribution in [2.75, 3.05) is 27.2 Å². The first-order chi connectivity index (χ1) is 7.66. The Morgan fingerprint density at radius 2 is 2.06 bits per heavy atom. The number of likely N-dealkylation sites (N-methyl/N-ethyl adjacent to an activating group) is 2. The molecule has 1 N–H and O–H groups in total. The molecule has 2 aliphatic rings. The van der Waals surface area contributed by atoms with Crippen LogP contribution in [0.3, 0.4) is 0 Å². The van der Waals surface area contributed by atoms with Crippen molar-refractivity contribution in [3.8, 4) is 0 Å². The Hall–Kier alpha value is -0.770. The van der Waals surface area contributed by atoms with E-state index in [1.54, 1.807) is 0 Å². The van der Waals surface area contributed by atoms with Crippen molar-refractivity contribution in [2.24, 2.45) is 0 Å². The molecule has 0 aromatic rings. The lowest BCUT2D eigenvalue weighted by Gasteiger charge is -2.37. The van der Waals surface area contributed by atoms with Crippen molar-refractivity contribution >= 4 is 6.03 Å². The highest BCUT2D eigenvalue weighted by molar-refractivity contribution is 5.74. The maximum absolute atomic E-state index is 11.9. The molecule has 1 saturated heterocycles. The fraction of sp³-hybridized carbons (Fsp3) is 0.917. The van der Waals surface area contributed by atoms with E-state index in [2.05, 4.69) is 17.3 Å². The average molecular weight is 225 g/mol. The maximum atomic E-state index is 11.9. The molecule has 1 atom stereocenters. The summed E-state index contributed by atoms with van der Waals surface area (Å²) in [6, 6.07) is 0.945.